The molecule has 1 aliphatic heterocycles. The molecule has 1 saturated heterocycles. The third-order valence-corrected chi connectivity index (χ3v) is 8.06. The molecule has 0 spiro atoms. The van der Waals surface area contributed by atoms with E-state index in [1.807, 2.05) is 65.8 Å². The summed E-state index contributed by atoms with van der Waals surface area (Å²) in [6.07, 6.45) is 5.23. The maximum atomic E-state index is 13.0. The van der Waals surface area contributed by atoms with Crippen LogP contribution < -0.4 is 32.7 Å². The van der Waals surface area contributed by atoms with E-state index < -0.39 is 5.91 Å². The maximum absolute atomic E-state index is 13.0. The Labute approximate surface area is 300 Å². The molecule has 2 aliphatic rings. The lowest BCUT2D eigenvalue weighted by Gasteiger charge is -2.32. The first kappa shape index (κ1) is 45.8. The molecule has 0 radical (unpaired) electrons. The molecule has 0 aromatic heterocycles. The van der Waals surface area contributed by atoms with E-state index in [-0.39, 0.29) is 66.8 Å². The average molecular weight is 700 g/mol. The number of Topliss-reactive ketones (excluding diaryl/α,β-unsaturated/α-hetero) is 1. The van der Waals surface area contributed by atoms with Crippen LogP contribution in [0.25, 0.3) is 0 Å². The zero-order valence-corrected chi connectivity index (χ0v) is 32.0. The lowest BCUT2D eigenvalue weighted by atomic mass is 9.85. The normalized spacial score (nSPS) is 15.2. The minimum atomic E-state index is -0.395. The van der Waals surface area contributed by atoms with Crippen molar-refractivity contribution in [2.24, 2.45) is 29.2 Å². The number of amides is 4. The Kier molecular flexibility index (Phi) is 22.8. The molecular weight excluding hydrogens is 634 g/mol. The van der Waals surface area contributed by atoms with Gasteiger partial charge in [-0.2, -0.15) is 0 Å². The van der Waals surface area contributed by atoms with E-state index in [0.29, 0.717) is 24.4 Å². The summed E-state index contributed by atoms with van der Waals surface area (Å²) in [5.41, 5.74) is 13.4. The summed E-state index contributed by atoms with van der Waals surface area (Å²) in [5, 5.41) is 12.1. The third-order valence-electron chi connectivity index (χ3n) is 8.06. The minimum absolute atomic E-state index is 0.0172. The van der Waals surface area contributed by atoms with Crippen LogP contribution in [0, 0.1) is 17.8 Å². The number of carbonyl (C=O) groups excluding carboxylic acids is 5. The van der Waals surface area contributed by atoms with Gasteiger partial charge in [0, 0.05) is 36.7 Å². The highest BCUT2D eigenvalue weighted by Gasteiger charge is 2.41. The number of hydrogen-bond donors (Lipinski definition) is 6. The van der Waals surface area contributed by atoms with Crippen LogP contribution in [0.1, 0.15) is 99.5 Å². The van der Waals surface area contributed by atoms with Gasteiger partial charge in [0.2, 0.25) is 23.6 Å². The number of anilines is 1. The van der Waals surface area contributed by atoms with E-state index in [1.165, 1.54) is 12.6 Å². The Balaban J connectivity index is 0.00000192. The molecular formula is C38H65N7O5. The van der Waals surface area contributed by atoms with Crippen LogP contribution in [0.4, 0.5) is 5.69 Å². The van der Waals surface area contributed by atoms with Gasteiger partial charge in [0.1, 0.15) is 12.3 Å². The van der Waals surface area contributed by atoms with Gasteiger partial charge in [0.05, 0.1) is 18.4 Å². The summed E-state index contributed by atoms with van der Waals surface area (Å²) >= 11 is 0. The third kappa shape index (κ3) is 16.5. The lowest BCUT2D eigenvalue weighted by molar-refractivity contribution is -0.143. The summed E-state index contributed by atoms with van der Waals surface area (Å²) in [7, 11) is 1.50. The van der Waals surface area contributed by atoms with Crippen molar-refractivity contribution in [1.82, 2.24) is 20.9 Å². The predicted octanol–water partition coefficient (Wildman–Crippen LogP) is 4.36. The zero-order valence-electron chi connectivity index (χ0n) is 32.0. The topological polar surface area (TPSA) is 189 Å². The standard InChI is InChI=1S/C30H42N4O5.C5H12N2.C2H6.CH5N/c1-18(2)24-15-27(38)34(30(24)39)17-26(37)33-28(19(3)4)29(22-7-6-8-22)31-16-25(36)32-23-13-11-21(12-14-23)10-9-20(5)35;1-3-4-7-5(2)6;2*1-2/h11-14,18-19,24,28,31H,6-10,15-17H2,1-5H3,(H,32,36)(H,33,37);7H,2-4,6H2,1H3;1-2H3;2H2,1H3. The minimum Gasteiger partial charge on any atom is -0.386 e. The molecule has 4 amide bonds. The summed E-state index contributed by atoms with van der Waals surface area (Å²) in [5.74, 6) is -0.837. The largest absolute Gasteiger partial charge is 0.386 e. The Morgan fingerprint density at radius 1 is 0.980 bits per heavy atom. The Hall–Kier alpha value is -4.19. The predicted molar refractivity (Wildman–Crippen MR) is 202 cm³/mol. The first-order chi connectivity index (χ1) is 23.7. The van der Waals surface area contributed by atoms with Crippen molar-refractivity contribution < 1.29 is 24.0 Å². The summed E-state index contributed by atoms with van der Waals surface area (Å²) < 4.78 is 0. The van der Waals surface area contributed by atoms with Gasteiger partial charge in [0.15, 0.2) is 0 Å². The SMILES string of the molecule is C=C(N)NCCC.CC.CC(=O)CCc1ccc(NC(=O)CNC(=C2CCC2)C(NC(=O)CN2C(=O)CC(C(C)C)C2=O)C(C)C)cc1.CN. The van der Waals surface area contributed by atoms with Crippen LogP contribution in [0.15, 0.2) is 47.9 Å². The van der Waals surface area contributed by atoms with Crippen LogP contribution in [-0.2, 0) is 30.4 Å². The molecule has 50 heavy (non-hydrogen) atoms. The molecule has 1 aromatic carbocycles. The number of nitrogens with zero attached hydrogens (tertiary/aromatic N) is 1. The Morgan fingerprint density at radius 2 is 1.58 bits per heavy atom. The van der Waals surface area contributed by atoms with Crippen molar-refractivity contribution in [2.75, 3.05) is 32.0 Å². The molecule has 1 aliphatic carbocycles. The Morgan fingerprint density at radius 3 is 2.00 bits per heavy atom. The van der Waals surface area contributed by atoms with Crippen LogP contribution in [0.2, 0.25) is 0 Å². The van der Waals surface area contributed by atoms with Crippen LogP contribution >= 0.6 is 0 Å². The number of allylic oxidation sites excluding steroid dienone is 1. The quantitative estimate of drug-likeness (QED) is 0.136. The number of nitrogens with two attached hydrogens (primary N) is 2. The molecule has 2 atom stereocenters. The first-order valence-corrected chi connectivity index (χ1v) is 18.0. The van der Waals surface area contributed by atoms with E-state index in [0.717, 1.165) is 48.4 Å². The van der Waals surface area contributed by atoms with E-state index in [1.54, 1.807) is 6.92 Å². The lowest BCUT2D eigenvalue weighted by Crippen LogP contribution is -2.49. The number of aryl methyl sites for hydroxylation is 1. The molecule has 282 valence electrons. The number of carbonyl (C=O) groups is 5. The van der Waals surface area contributed by atoms with Crippen molar-refractivity contribution in [2.45, 2.75) is 106 Å². The fraction of sp³-hybridized carbons (Fsp3) is 0.605. The van der Waals surface area contributed by atoms with Gasteiger partial charge in [0.25, 0.3) is 0 Å². The number of imide groups is 1. The van der Waals surface area contributed by atoms with E-state index in [4.69, 9.17) is 5.73 Å². The highest BCUT2D eigenvalue weighted by atomic mass is 16.2. The summed E-state index contributed by atoms with van der Waals surface area (Å²) in [4.78, 5) is 63.1. The fourth-order valence-electron chi connectivity index (χ4n) is 5.15. The van der Waals surface area contributed by atoms with Crippen molar-refractivity contribution in [3.05, 3.63) is 53.5 Å². The molecule has 1 aromatic rings. The first-order valence-electron chi connectivity index (χ1n) is 18.0. The summed E-state index contributed by atoms with van der Waals surface area (Å²) in [6, 6.07) is 7.06. The average Bonchev–Trinajstić information content (AvgIpc) is 3.34. The van der Waals surface area contributed by atoms with Crippen molar-refractivity contribution in [3.63, 3.8) is 0 Å². The van der Waals surface area contributed by atoms with E-state index >= 15 is 0 Å². The van der Waals surface area contributed by atoms with E-state index in [2.05, 4.69) is 40.5 Å². The van der Waals surface area contributed by atoms with Gasteiger partial charge in [-0.25, -0.2) is 0 Å². The molecule has 1 heterocycles. The van der Waals surface area contributed by atoms with Gasteiger partial charge >= 0.3 is 0 Å². The number of benzene rings is 1. The molecule has 2 fully saturated rings. The van der Waals surface area contributed by atoms with E-state index in [9.17, 15) is 24.0 Å². The van der Waals surface area contributed by atoms with Gasteiger partial charge in [-0.1, -0.05) is 67.2 Å². The number of ketones is 1. The highest BCUT2D eigenvalue weighted by molar-refractivity contribution is 6.06. The monoisotopic (exact) mass is 700 g/mol. The molecule has 0 bridgehead atoms. The van der Waals surface area contributed by atoms with Gasteiger partial charge in [-0.05, 0) is 81.2 Å². The maximum Gasteiger partial charge on any atom is 0.243 e. The highest BCUT2D eigenvalue weighted by Crippen LogP contribution is 2.31. The number of nitrogens with one attached hydrogen (secondary N) is 4. The summed E-state index contributed by atoms with van der Waals surface area (Å²) in [6.45, 7) is 19.5. The van der Waals surface area contributed by atoms with Gasteiger partial charge < -0.3 is 37.5 Å². The second kappa shape index (κ2) is 24.9. The van der Waals surface area contributed by atoms with Crippen molar-refractivity contribution in [1.29, 1.82) is 0 Å². The molecule has 1 saturated carbocycles. The van der Waals surface area contributed by atoms with Crippen molar-refractivity contribution in [3.8, 4) is 0 Å². The second-order valence-corrected chi connectivity index (χ2v) is 12.8. The van der Waals surface area contributed by atoms with Crippen LogP contribution in [-0.4, -0.2) is 67.0 Å². The number of rotatable bonds is 16. The second-order valence-electron chi connectivity index (χ2n) is 12.8. The Bertz CT molecular complexity index is 1270. The number of likely N-dealkylation sites (tertiary alicyclic amines) is 1. The van der Waals surface area contributed by atoms with Crippen LogP contribution in [0.3, 0.4) is 0 Å². The molecule has 2 unspecified atom stereocenters. The van der Waals surface area contributed by atoms with Crippen molar-refractivity contribution >= 4 is 35.1 Å². The fourth-order valence-corrected chi connectivity index (χ4v) is 5.15. The molecule has 12 heteroatoms. The molecule has 12 nitrogen and oxygen atoms in total. The van der Waals surface area contributed by atoms with Gasteiger partial charge in [-0.3, -0.25) is 24.1 Å². The molecule has 8 N–H and O–H groups in total. The smallest absolute Gasteiger partial charge is 0.243 e. The zero-order chi connectivity index (χ0) is 38.4. The number of hydrogen-bond acceptors (Lipinski definition) is 9. The van der Waals surface area contributed by atoms with Gasteiger partial charge in [-0.15, -0.1) is 0 Å². The van der Waals surface area contributed by atoms with Crippen LogP contribution in [0.5, 0.6) is 0 Å². The molecule has 3 rings (SSSR count).